The van der Waals surface area contributed by atoms with Crippen molar-refractivity contribution in [3.8, 4) is 5.75 Å². The molecule has 1 fully saturated rings. The summed E-state index contributed by atoms with van der Waals surface area (Å²) in [7, 11) is 1.71. The van der Waals surface area contributed by atoms with Crippen LogP contribution in [0.1, 0.15) is 24.0 Å². The first-order chi connectivity index (χ1) is 12.8. The number of methoxy groups -OCH3 is 1. The average Bonchev–Trinajstić information content (AvgIpc) is 2.70. The number of benzene rings is 2. The summed E-state index contributed by atoms with van der Waals surface area (Å²) < 4.78 is 5.44. The Kier molecular flexibility index (Phi) is 6.67. The smallest absolute Gasteiger partial charge is 0.223 e. The second kappa shape index (κ2) is 9.39. The minimum atomic E-state index is 0.139. The van der Waals surface area contributed by atoms with Gasteiger partial charge in [-0.25, -0.2) is 0 Å². The third-order valence-electron chi connectivity index (χ3n) is 5.10. The van der Waals surface area contributed by atoms with Crippen molar-refractivity contribution < 1.29 is 9.53 Å². The standard InChI is InChI=1S/C22H28N2O2/c1-26-21-10-6-5-9-20(21)17-24-15-12-19(13-16-24)22(25)23-14-11-18-7-3-2-4-8-18/h2-10,19H,11-17H2,1H3,(H,23,25). The molecule has 1 N–H and O–H groups in total. The summed E-state index contributed by atoms with van der Waals surface area (Å²) in [5, 5.41) is 3.11. The fourth-order valence-corrected chi connectivity index (χ4v) is 3.55. The molecule has 3 rings (SSSR count). The van der Waals surface area contributed by atoms with E-state index in [4.69, 9.17) is 4.74 Å². The molecular weight excluding hydrogens is 324 g/mol. The number of hydrogen-bond acceptors (Lipinski definition) is 3. The molecule has 4 nitrogen and oxygen atoms in total. The lowest BCUT2D eigenvalue weighted by Crippen LogP contribution is -2.40. The van der Waals surface area contributed by atoms with Gasteiger partial charge in [-0.2, -0.15) is 0 Å². The summed E-state index contributed by atoms with van der Waals surface area (Å²) >= 11 is 0. The number of hydrogen-bond donors (Lipinski definition) is 1. The van der Waals surface area contributed by atoms with Crippen LogP contribution in [0.4, 0.5) is 0 Å². The van der Waals surface area contributed by atoms with Crippen LogP contribution in [0.3, 0.4) is 0 Å². The number of nitrogens with one attached hydrogen (secondary N) is 1. The van der Waals surface area contributed by atoms with E-state index in [1.807, 2.05) is 36.4 Å². The Morgan fingerprint density at radius 1 is 1.08 bits per heavy atom. The zero-order chi connectivity index (χ0) is 18.2. The second-order valence-corrected chi connectivity index (χ2v) is 6.89. The van der Waals surface area contributed by atoms with Gasteiger partial charge in [0.2, 0.25) is 5.91 Å². The van der Waals surface area contributed by atoms with E-state index in [0.29, 0.717) is 6.54 Å². The lowest BCUT2D eigenvalue weighted by molar-refractivity contribution is -0.126. The number of carbonyl (C=O) groups is 1. The highest BCUT2D eigenvalue weighted by molar-refractivity contribution is 5.78. The van der Waals surface area contributed by atoms with Gasteiger partial charge in [-0.3, -0.25) is 9.69 Å². The highest BCUT2D eigenvalue weighted by Gasteiger charge is 2.25. The van der Waals surface area contributed by atoms with Crippen LogP contribution in [-0.2, 0) is 17.8 Å². The molecule has 0 aliphatic carbocycles. The van der Waals surface area contributed by atoms with Crippen molar-refractivity contribution >= 4 is 5.91 Å². The SMILES string of the molecule is COc1ccccc1CN1CCC(C(=O)NCCc2ccccc2)CC1. The Bertz CT molecular complexity index is 694. The zero-order valence-electron chi connectivity index (χ0n) is 15.5. The number of ether oxygens (including phenoxy) is 1. The minimum Gasteiger partial charge on any atom is -0.496 e. The van der Waals surface area contributed by atoms with Crippen molar-refractivity contribution in [3.63, 3.8) is 0 Å². The topological polar surface area (TPSA) is 41.6 Å². The summed E-state index contributed by atoms with van der Waals surface area (Å²) in [5.41, 5.74) is 2.47. The largest absolute Gasteiger partial charge is 0.496 e. The maximum atomic E-state index is 12.4. The van der Waals surface area contributed by atoms with Gasteiger partial charge in [0.1, 0.15) is 5.75 Å². The fourth-order valence-electron chi connectivity index (χ4n) is 3.55. The Morgan fingerprint density at radius 3 is 2.50 bits per heavy atom. The van der Waals surface area contributed by atoms with E-state index in [-0.39, 0.29) is 11.8 Å². The van der Waals surface area contributed by atoms with Crippen LogP contribution >= 0.6 is 0 Å². The molecule has 0 bridgehead atoms. The van der Waals surface area contributed by atoms with E-state index in [1.54, 1.807) is 7.11 Å². The Hall–Kier alpha value is -2.33. The zero-order valence-corrected chi connectivity index (χ0v) is 15.5. The predicted molar refractivity (Wildman–Crippen MR) is 104 cm³/mol. The lowest BCUT2D eigenvalue weighted by atomic mass is 9.95. The predicted octanol–water partition coefficient (Wildman–Crippen LogP) is 3.27. The summed E-state index contributed by atoms with van der Waals surface area (Å²) in [5.74, 6) is 1.28. The van der Waals surface area contributed by atoms with E-state index in [9.17, 15) is 4.79 Å². The third kappa shape index (κ3) is 5.09. The van der Waals surface area contributed by atoms with Crippen LogP contribution in [-0.4, -0.2) is 37.6 Å². The first kappa shape index (κ1) is 18.5. The van der Waals surface area contributed by atoms with Crippen LogP contribution in [0.5, 0.6) is 5.75 Å². The molecule has 0 unspecified atom stereocenters. The monoisotopic (exact) mass is 352 g/mol. The Labute approximate surface area is 156 Å². The fraction of sp³-hybridized carbons (Fsp3) is 0.409. The maximum absolute atomic E-state index is 12.4. The number of carbonyl (C=O) groups excluding carboxylic acids is 1. The first-order valence-corrected chi connectivity index (χ1v) is 9.42. The summed E-state index contributed by atoms with van der Waals surface area (Å²) in [6, 6.07) is 18.4. The van der Waals surface area contributed by atoms with Crippen molar-refractivity contribution in [1.82, 2.24) is 10.2 Å². The summed E-state index contributed by atoms with van der Waals surface area (Å²) in [6.45, 7) is 3.50. The highest BCUT2D eigenvalue weighted by Crippen LogP contribution is 2.23. The minimum absolute atomic E-state index is 0.139. The van der Waals surface area contributed by atoms with Crippen LogP contribution in [0.2, 0.25) is 0 Å². The van der Waals surface area contributed by atoms with E-state index in [0.717, 1.165) is 44.6 Å². The molecule has 4 heteroatoms. The second-order valence-electron chi connectivity index (χ2n) is 6.89. The van der Waals surface area contributed by atoms with Gasteiger partial charge in [-0.1, -0.05) is 48.5 Å². The van der Waals surface area contributed by atoms with Gasteiger partial charge >= 0.3 is 0 Å². The van der Waals surface area contributed by atoms with E-state index < -0.39 is 0 Å². The number of rotatable bonds is 7. The molecule has 1 amide bonds. The van der Waals surface area contributed by atoms with Gasteiger partial charge in [0.05, 0.1) is 7.11 Å². The molecule has 1 aliphatic heterocycles. The molecule has 0 spiro atoms. The van der Waals surface area contributed by atoms with Crippen LogP contribution in [0.15, 0.2) is 54.6 Å². The number of amides is 1. The van der Waals surface area contributed by atoms with Gasteiger partial charge in [-0.05, 0) is 44.0 Å². The van der Waals surface area contributed by atoms with E-state index in [2.05, 4.69) is 28.4 Å². The Morgan fingerprint density at radius 2 is 1.77 bits per heavy atom. The molecule has 2 aromatic rings. The highest BCUT2D eigenvalue weighted by atomic mass is 16.5. The molecule has 0 radical (unpaired) electrons. The third-order valence-corrected chi connectivity index (χ3v) is 5.10. The molecule has 0 aromatic heterocycles. The van der Waals surface area contributed by atoms with Crippen LogP contribution in [0.25, 0.3) is 0 Å². The van der Waals surface area contributed by atoms with Crippen LogP contribution in [0, 0.1) is 5.92 Å². The summed E-state index contributed by atoms with van der Waals surface area (Å²) in [6.07, 6.45) is 2.73. The number of para-hydroxylation sites is 1. The van der Waals surface area contributed by atoms with Crippen molar-refractivity contribution in [2.75, 3.05) is 26.7 Å². The van der Waals surface area contributed by atoms with Crippen molar-refractivity contribution in [1.29, 1.82) is 0 Å². The van der Waals surface area contributed by atoms with Crippen LogP contribution < -0.4 is 10.1 Å². The van der Waals surface area contributed by atoms with Crippen molar-refractivity contribution in [3.05, 3.63) is 65.7 Å². The average molecular weight is 352 g/mol. The Balaban J connectivity index is 1.41. The summed E-state index contributed by atoms with van der Waals surface area (Å²) in [4.78, 5) is 14.8. The van der Waals surface area contributed by atoms with Gasteiger partial charge in [0, 0.05) is 24.6 Å². The van der Waals surface area contributed by atoms with E-state index >= 15 is 0 Å². The molecule has 26 heavy (non-hydrogen) atoms. The number of nitrogens with zero attached hydrogens (tertiary/aromatic N) is 1. The molecule has 0 atom stereocenters. The number of piperidine rings is 1. The molecule has 2 aromatic carbocycles. The molecule has 0 saturated carbocycles. The van der Waals surface area contributed by atoms with Gasteiger partial charge in [0.25, 0.3) is 0 Å². The molecule has 1 saturated heterocycles. The first-order valence-electron chi connectivity index (χ1n) is 9.42. The molecule has 1 heterocycles. The normalized spacial score (nSPS) is 15.6. The lowest BCUT2D eigenvalue weighted by Gasteiger charge is -2.31. The molecule has 138 valence electrons. The molecular formula is C22H28N2O2. The van der Waals surface area contributed by atoms with E-state index in [1.165, 1.54) is 11.1 Å². The van der Waals surface area contributed by atoms with Gasteiger partial charge < -0.3 is 10.1 Å². The van der Waals surface area contributed by atoms with Gasteiger partial charge in [-0.15, -0.1) is 0 Å². The van der Waals surface area contributed by atoms with Crippen molar-refractivity contribution in [2.45, 2.75) is 25.8 Å². The molecule has 1 aliphatic rings. The van der Waals surface area contributed by atoms with Crippen molar-refractivity contribution in [2.24, 2.45) is 5.92 Å². The van der Waals surface area contributed by atoms with Gasteiger partial charge in [0.15, 0.2) is 0 Å². The number of likely N-dealkylation sites (tertiary alicyclic amines) is 1. The quantitative estimate of drug-likeness (QED) is 0.832. The maximum Gasteiger partial charge on any atom is 0.223 e.